The maximum absolute atomic E-state index is 14.4. The number of nitrogens with one attached hydrogen (secondary N) is 1. The van der Waals surface area contributed by atoms with Crippen LogP contribution in [0.3, 0.4) is 0 Å². The molecular formula is C35H42KN6O5+. The summed E-state index contributed by atoms with van der Waals surface area (Å²) < 4.78 is 9.93. The van der Waals surface area contributed by atoms with Gasteiger partial charge in [-0.2, -0.15) is 10.1 Å². The molecule has 7 rings (SSSR count). The minimum Gasteiger partial charge on any atom is -0.387 e. The topological polar surface area (TPSA) is 136 Å². The second kappa shape index (κ2) is 14.7. The monoisotopic (exact) mass is 665 g/mol. The molecule has 2 fully saturated rings. The third kappa shape index (κ3) is 7.22. The van der Waals surface area contributed by atoms with E-state index in [-0.39, 0.29) is 69.1 Å². The van der Waals surface area contributed by atoms with Crippen molar-refractivity contribution in [1.82, 2.24) is 24.6 Å². The number of nitrogens with zero attached hydrogens (tertiary/aromatic N) is 5. The number of hydrogen-bond donors (Lipinski definition) is 3. The third-order valence-electron chi connectivity index (χ3n) is 9.69. The molecule has 1 aliphatic heterocycles. The summed E-state index contributed by atoms with van der Waals surface area (Å²) in [6.07, 6.45) is 6.97. The largest absolute Gasteiger partial charge is 1.00 e. The van der Waals surface area contributed by atoms with E-state index in [1.165, 1.54) is 0 Å². The number of hydrogen-bond acceptors (Lipinski definition) is 9. The zero-order valence-electron chi connectivity index (χ0n) is 27.5. The molecule has 2 aromatic heterocycles. The summed E-state index contributed by atoms with van der Waals surface area (Å²) in [7, 11) is 0. The van der Waals surface area contributed by atoms with Gasteiger partial charge in [0.15, 0.2) is 5.84 Å². The van der Waals surface area contributed by atoms with Crippen LogP contribution >= 0.6 is 0 Å². The number of benzene rings is 2. The molecule has 0 radical (unpaired) electrons. The first-order chi connectivity index (χ1) is 22.3. The summed E-state index contributed by atoms with van der Waals surface area (Å²) in [5, 5.41) is 25.0. The van der Waals surface area contributed by atoms with Crippen LogP contribution in [0.15, 0.2) is 58.3 Å². The number of hydroxylamine groups is 1. The van der Waals surface area contributed by atoms with Gasteiger partial charge in [-0.05, 0) is 75.0 Å². The van der Waals surface area contributed by atoms with Gasteiger partial charge in [0.2, 0.25) is 5.78 Å². The smallest absolute Gasteiger partial charge is 0.387 e. The van der Waals surface area contributed by atoms with Crippen LogP contribution in [0.25, 0.3) is 16.9 Å². The minimum absolute atomic E-state index is 0. The van der Waals surface area contributed by atoms with Crippen molar-refractivity contribution in [2.45, 2.75) is 102 Å². The molecule has 12 heteroatoms. The quantitative estimate of drug-likeness (QED) is 0.217. The molecule has 2 saturated carbocycles. The third-order valence-corrected chi connectivity index (χ3v) is 9.69. The summed E-state index contributed by atoms with van der Waals surface area (Å²) in [4.78, 5) is 28.3. The number of aliphatic hydroxyl groups excluding tert-OH is 1. The maximum atomic E-state index is 14.4. The summed E-state index contributed by atoms with van der Waals surface area (Å²) in [6.45, 7) is 4.40. The molecule has 11 nitrogen and oxygen atoms in total. The van der Waals surface area contributed by atoms with E-state index in [1.54, 1.807) is 0 Å². The number of fused-ring (bicyclic) bond motifs is 1. The van der Waals surface area contributed by atoms with Gasteiger partial charge in [-0.25, -0.2) is 19.8 Å². The van der Waals surface area contributed by atoms with E-state index in [1.807, 2.05) is 40.3 Å². The Morgan fingerprint density at radius 1 is 1.06 bits per heavy atom. The number of aliphatic imine (C=N–C) groups is 1. The number of aryl methyl sites for hydroxylation is 2. The maximum Gasteiger partial charge on any atom is 1.00 e. The number of rotatable bonds is 10. The van der Waals surface area contributed by atoms with E-state index in [2.05, 4.69) is 41.7 Å². The van der Waals surface area contributed by atoms with Gasteiger partial charge in [-0.1, -0.05) is 61.9 Å². The Labute approximate surface area is 316 Å². The van der Waals surface area contributed by atoms with Crippen molar-refractivity contribution in [2.24, 2.45) is 4.99 Å². The minimum atomic E-state index is -1.23. The number of amidine groups is 1. The predicted molar refractivity (Wildman–Crippen MR) is 173 cm³/mol. The van der Waals surface area contributed by atoms with Gasteiger partial charge in [0, 0.05) is 23.6 Å². The molecule has 3 aliphatic rings. The molecule has 47 heavy (non-hydrogen) atoms. The summed E-state index contributed by atoms with van der Waals surface area (Å²) in [5.41, 5.74) is 7.53. The van der Waals surface area contributed by atoms with Crippen molar-refractivity contribution in [1.29, 1.82) is 0 Å². The van der Waals surface area contributed by atoms with E-state index in [0.29, 0.717) is 30.5 Å². The summed E-state index contributed by atoms with van der Waals surface area (Å²) in [6, 6.07) is 16.1. The van der Waals surface area contributed by atoms with Gasteiger partial charge in [0.1, 0.15) is 5.82 Å². The Balaban J connectivity index is 0.00000386. The van der Waals surface area contributed by atoms with Crippen molar-refractivity contribution in [3.05, 3.63) is 87.1 Å². The zero-order valence-corrected chi connectivity index (χ0v) is 30.6. The standard InChI is InChI=1S/C35H42N6O5.K/c1-3-7-30-29(20-23-10-12-24(13-11-23)27-8-4-5-9-28(27)31-37-34(43)46-39-31)32(42)40(33-36-22(2)38-41(30)33)25-14-16-26(17-15-25)45-21-35(44)18-6-19-35;/h4-5,8-13,25-26,34,43-44H,3,6-7,14-21H2,1-2H3,(H,37,39);/q;+1. The average molecular weight is 666 g/mol. The predicted octanol–water partition coefficient (Wildman–Crippen LogP) is 1.39. The van der Waals surface area contributed by atoms with Crippen LogP contribution in [0.5, 0.6) is 0 Å². The molecule has 242 valence electrons. The second-order valence-electron chi connectivity index (χ2n) is 13.0. The molecule has 4 aromatic rings. The first kappa shape index (κ1) is 34.6. The van der Waals surface area contributed by atoms with E-state index in [4.69, 9.17) is 19.7 Å². The van der Waals surface area contributed by atoms with E-state index >= 15 is 0 Å². The van der Waals surface area contributed by atoms with Crippen LogP contribution in [0.4, 0.5) is 0 Å². The van der Waals surface area contributed by atoms with Crippen LogP contribution in [0.1, 0.15) is 92.5 Å². The van der Waals surface area contributed by atoms with Crippen molar-refractivity contribution in [2.75, 3.05) is 6.61 Å². The molecule has 1 atom stereocenters. The molecule has 0 spiro atoms. The second-order valence-corrected chi connectivity index (χ2v) is 13.0. The molecule has 3 heterocycles. The SMILES string of the molecule is CCCc1c(Cc2ccc(-c3ccccc3C3=NC(O)ON3)cc2)c(=O)n(C2CCC(OCC3(O)CCC3)CC2)c2nc(C)nn12.[K+]. The number of ether oxygens (including phenoxy) is 1. The Bertz CT molecular complexity index is 1810. The Morgan fingerprint density at radius 3 is 2.43 bits per heavy atom. The van der Waals surface area contributed by atoms with Crippen LogP contribution < -0.4 is 62.4 Å². The average Bonchev–Trinajstić information content (AvgIpc) is 3.66. The first-order valence-corrected chi connectivity index (χ1v) is 16.5. The molecule has 0 saturated heterocycles. The van der Waals surface area contributed by atoms with Crippen LogP contribution in [0.2, 0.25) is 0 Å². The van der Waals surface area contributed by atoms with Gasteiger partial charge >= 0.3 is 51.4 Å². The molecular weight excluding hydrogens is 624 g/mol. The fourth-order valence-electron chi connectivity index (χ4n) is 7.04. The first-order valence-electron chi connectivity index (χ1n) is 16.5. The fourth-order valence-corrected chi connectivity index (χ4v) is 7.04. The Kier molecular flexibility index (Phi) is 10.8. The van der Waals surface area contributed by atoms with Gasteiger partial charge in [-0.3, -0.25) is 9.36 Å². The van der Waals surface area contributed by atoms with Crippen molar-refractivity contribution in [3.8, 4) is 11.1 Å². The van der Waals surface area contributed by atoms with Crippen LogP contribution in [0, 0.1) is 6.92 Å². The number of aliphatic hydroxyl groups is 2. The van der Waals surface area contributed by atoms with Gasteiger partial charge < -0.3 is 14.9 Å². The van der Waals surface area contributed by atoms with Gasteiger partial charge in [0.25, 0.3) is 12.0 Å². The molecule has 2 aromatic carbocycles. The van der Waals surface area contributed by atoms with E-state index in [9.17, 15) is 15.0 Å². The van der Waals surface area contributed by atoms with Crippen molar-refractivity contribution in [3.63, 3.8) is 0 Å². The van der Waals surface area contributed by atoms with E-state index in [0.717, 1.165) is 91.3 Å². The summed E-state index contributed by atoms with van der Waals surface area (Å²) >= 11 is 0. The van der Waals surface area contributed by atoms with Crippen LogP contribution in [-0.4, -0.2) is 59.9 Å². The molecule has 1 unspecified atom stereocenters. The summed E-state index contributed by atoms with van der Waals surface area (Å²) in [5.74, 6) is 1.74. The molecule has 3 N–H and O–H groups in total. The Morgan fingerprint density at radius 2 is 1.79 bits per heavy atom. The van der Waals surface area contributed by atoms with Crippen molar-refractivity contribution < 1.29 is 71.2 Å². The number of aromatic nitrogens is 4. The molecule has 0 bridgehead atoms. The zero-order chi connectivity index (χ0) is 31.8. The van der Waals surface area contributed by atoms with Crippen LogP contribution in [-0.2, 0) is 22.4 Å². The Hall–Kier alpha value is -2.26. The van der Waals surface area contributed by atoms with E-state index < -0.39 is 12.0 Å². The van der Waals surface area contributed by atoms with Crippen molar-refractivity contribution >= 4 is 11.6 Å². The molecule has 0 amide bonds. The molecule has 2 aliphatic carbocycles. The van der Waals surface area contributed by atoms with Gasteiger partial charge in [-0.15, -0.1) is 0 Å². The van der Waals surface area contributed by atoms with Gasteiger partial charge in [0.05, 0.1) is 24.0 Å². The fraction of sp³-hybridized carbons (Fsp3) is 0.486. The normalized spacial score (nSPS) is 22.0.